The molecule has 33 heavy (non-hydrogen) atoms. The van der Waals surface area contributed by atoms with Crippen LogP contribution in [0.2, 0.25) is 5.02 Å². The molecule has 2 aliphatic rings. The second kappa shape index (κ2) is 9.29. The summed E-state index contributed by atoms with van der Waals surface area (Å²) in [5.41, 5.74) is 1.66. The highest BCUT2D eigenvalue weighted by atomic mass is 35.5. The van der Waals surface area contributed by atoms with Crippen molar-refractivity contribution in [2.45, 2.75) is 12.8 Å². The maximum absolute atomic E-state index is 13.5. The summed E-state index contributed by atoms with van der Waals surface area (Å²) in [4.78, 5) is 11.2. The number of methoxy groups -OCH3 is 1. The second-order valence-electron chi connectivity index (χ2n) is 8.67. The van der Waals surface area contributed by atoms with E-state index in [1.165, 1.54) is 24.9 Å². The molecule has 3 aromatic rings. The van der Waals surface area contributed by atoms with Crippen molar-refractivity contribution < 1.29 is 18.6 Å². The van der Waals surface area contributed by atoms with Gasteiger partial charge in [-0.2, -0.15) is 0 Å². The van der Waals surface area contributed by atoms with Gasteiger partial charge in [0.2, 0.25) is 0 Å². The van der Waals surface area contributed by atoms with Crippen molar-refractivity contribution in [1.29, 1.82) is 0 Å². The summed E-state index contributed by atoms with van der Waals surface area (Å²) < 4.78 is 30.8. The van der Waals surface area contributed by atoms with Gasteiger partial charge in [0.05, 0.1) is 24.3 Å². The summed E-state index contributed by atoms with van der Waals surface area (Å²) in [7, 11) is 1.61. The number of aromatic nitrogens is 2. The molecule has 1 aromatic heterocycles. The van der Waals surface area contributed by atoms with Crippen LogP contribution in [0.25, 0.3) is 10.9 Å². The molecule has 1 unspecified atom stereocenters. The SMILES string of the molecule is COc1cc2ncnc(Nc3ccc(F)c(Cl)c3)c2cc1OCCN1CCC2(CCOC2)C1. The Morgan fingerprint density at radius 2 is 2.12 bits per heavy atom. The van der Waals surface area contributed by atoms with Crippen molar-refractivity contribution >= 4 is 34.0 Å². The molecular formula is C24H26ClFN4O3. The van der Waals surface area contributed by atoms with Crippen LogP contribution in [-0.2, 0) is 4.74 Å². The smallest absolute Gasteiger partial charge is 0.162 e. The Morgan fingerprint density at radius 1 is 1.21 bits per heavy atom. The van der Waals surface area contributed by atoms with Crippen LogP contribution in [0.3, 0.4) is 0 Å². The van der Waals surface area contributed by atoms with Crippen LogP contribution < -0.4 is 14.8 Å². The lowest BCUT2D eigenvalue weighted by molar-refractivity contribution is 0.149. The van der Waals surface area contributed by atoms with Crippen LogP contribution in [-0.4, -0.2) is 61.4 Å². The van der Waals surface area contributed by atoms with E-state index in [1.807, 2.05) is 12.1 Å². The normalized spacial score (nSPS) is 20.6. The first-order chi connectivity index (χ1) is 16.0. The van der Waals surface area contributed by atoms with Crippen LogP contribution in [0, 0.1) is 11.2 Å². The first-order valence-electron chi connectivity index (χ1n) is 11.0. The molecule has 5 rings (SSSR count). The predicted molar refractivity (Wildman–Crippen MR) is 125 cm³/mol. The third-order valence-corrected chi connectivity index (χ3v) is 6.76. The zero-order valence-electron chi connectivity index (χ0n) is 18.4. The minimum Gasteiger partial charge on any atom is -0.493 e. The van der Waals surface area contributed by atoms with Crippen molar-refractivity contribution in [3.8, 4) is 11.5 Å². The molecule has 1 spiro atoms. The highest BCUT2D eigenvalue weighted by Crippen LogP contribution is 2.38. The molecule has 2 saturated heterocycles. The maximum atomic E-state index is 13.5. The Kier molecular flexibility index (Phi) is 6.23. The van der Waals surface area contributed by atoms with Gasteiger partial charge in [-0.25, -0.2) is 14.4 Å². The summed E-state index contributed by atoms with van der Waals surface area (Å²) in [6, 6.07) is 8.14. The molecule has 0 aliphatic carbocycles. The lowest BCUT2D eigenvalue weighted by Gasteiger charge is -2.22. The lowest BCUT2D eigenvalue weighted by Crippen LogP contribution is -2.30. The summed E-state index contributed by atoms with van der Waals surface area (Å²) in [6.07, 6.45) is 3.80. The van der Waals surface area contributed by atoms with Gasteiger partial charge < -0.3 is 19.5 Å². The number of hydrogen-bond donors (Lipinski definition) is 1. The Morgan fingerprint density at radius 3 is 2.91 bits per heavy atom. The number of hydrogen-bond acceptors (Lipinski definition) is 7. The standard InChI is InChI=1S/C24H26ClFN4O3/c1-31-21-12-20-17(23(28-15-27-20)29-16-2-3-19(26)18(25)10-16)11-22(21)33-9-7-30-6-4-24(13-30)5-8-32-14-24/h2-3,10-12,15H,4-9,13-14H2,1H3,(H,27,28,29). The van der Waals surface area contributed by atoms with E-state index < -0.39 is 5.82 Å². The monoisotopic (exact) mass is 472 g/mol. The second-order valence-corrected chi connectivity index (χ2v) is 9.08. The summed E-state index contributed by atoms with van der Waals surface area (Å²) in [6.45, 7) is 5.27. The number of nitrogens with zero attached hydrogens (tertiary/aromatic N) is 3. The molecule has 0 bridgehead atoms. The molecule has 7 nitrogen and oxygen atoms in total. The fraction of sp³-hybridized carbons (Fsp3) is 0.417. The van der Waals surface area contributed by atoms with E-state index in [4.69, 9.17) is 25.8 Å². The largest absolute Gasteiger partial charge is 0.493 e. The third-order valence-electron chi connectivity index (χ3n) is 6.47. The molecule has 2 fully saturated rings. The van der Waals surface area contributed by atoms with Gasteiger partial charge >= 0.3 is 0 Å². The highest BCUT2D eigenvalue weighted by Gasteiger charge is 2.40. The predicted octanol–water partition coefficient (Wildman–Crippen LogP) is 4.67. The zero-order valence-corrected chi connectivity index (χ0v) is 19.2. The van der Waals surface area contributed by atoms with Crippen molar-refractivity contribution in [3.05, 3.63) is 47.5 Å². The fourth-order valence-electron chi connectivity index (χ4n) is 4.62. The average molecular weight is 473 g/mol. The molecule has 0 amide bonds. The van der Waals surface area contributed by atoms with E-state index in [-0.39, 0.29) is 5.02 Å². The molecule has 2 aliphatic heterocycles. The summed E-state index contributed by atoms with van der Waals surface area (Å²) >= 11 is 5.92. The van der Waals surface area contributed by atoms with Crippen LogP contribution in [0.1, 0.15) is 12.8 Å². The fourth-order valence-corrected chi connectivity index (χ4v) is 4.80. The number of halogens is 2. The van der Waals surface area contributed by atoms with E-state index in [1.54, 1.807) is 13.2 Å². The number of likely N-dealkylation sites (tertiary alicyclic amines) is 1. The number of rotatable bonds is 7. The van der Waals surface area contributed by atoms with Gasteiger partial charge in [-0.05, 0) is 43.7 Å². The number of fused-ring (bicyclic) bond motifs is 1. The molecule has 174 valence electrons. The lowest BCUT2D eigenvalue weighted by atomic mass is 9.87. The molecule has 2 aromatic carbocycles. The van der Waals surface area contributed by atoms with Crippen molar-refractivity contribution in [1.82, 2.24) is 14.9 Å². The van der Waals surface area contributed by atoms with Gasteiger partial charge in [0.1, 0.15) is 24.6 Å². The molecular weight excluding hydrogens is 447 g/mol. The van der Waals surface area contributed by atoms with Gasteiger partial charge in [-0.15, -0.1) is 0 Å². The number of nitrogens with one attached hydrogen (secondary N) is 1. The van der Waals surface area contributed by atoms with E-state index >= 15 is 0 Å². The first-order valence-corrected chi connectivity index (χ1v) is 11.4. The Bertz CT molecular complexity index is 1160. The van der Waals surface area contributed by atoms with Crippen LogP contribution >= 0.6 is 11.6 Å². The van der Waals surface area contributed by atoms with E-state index in [0.717, 1.165) is 44.7 Å². The van der Waals surface area contributed by atoms with E-state index in [0.29, 0.717) is 40.5 Å². The Labute approximate surface area is 196 Å². The molecule has 1 atom stereocenters. The van der Waals surface area contributed by atoms with Gasteiger partial charge in [-0.3, -0.25) is 4.90 Å². The van der Waals surface area contributed by atoms with Crippen molar-refractivity contribution in [2.24, 2.45) is 5.41 Å². The summed E-state index contributed by atoms with van der Waals surface area (Å²) in [5, 5.41) is 3.99. The number of benzene rings is 2. The Hall–Kier alpha value is -2.68. The molecule has 3 heterocycles. The average Bonchev–Trinajstić information content (AvgIpc) is 3.45. The summed E-state index contributed by atoms with van der Waals surface area (Å²) in [5.74, 6) is 1.33. The number of ether oxygens (including phenoxy) is 3. The van der Waals surface area contributed by atoms with Crippen molar-refractivity contribution in [3.63, 3.8) is 0 Å². The van der Waals surface area contributed by atoms with Gasteiger partial charge in [0.25, 0.3) is 0 Å². The minimum atomic E-state index is -0.473. The topological polar surface area (TPSA) is 68.7 Å². The quantitative estimate of drug-likeness (QED) is 0.536. The molecule has 9 heteroatoms. The Balaban J connectivity index is 1.32. The first kappa shape index (κ1) is 22.1. The van der Waals surface area contributed by atoms with Gasteiger partial charge in [-0.1, -0.05) is 11.6 Å². The van der Waals surface area contributed by atoms with E-state index in [2.05, 4.69) is 20.2 Å². The van der Waals surface area contributed by atoms with Gasteiger partial charge in [0.15, 0.2) is 11.5 Å². The van der Waals surface area contributed by atoms with Crippen LogP contribution in [0.4, 0.5) is 15.9 Å². The van der Waals surface area contributed by atoms with Gasteiger partial charge in [0, 0.05) is 42.3 Å². The highest BCUT2D eigenvalue weighted by molar-refractivity contribution is 6.31. The minimum absolute atomic E-state index is 0.0388. The molecule has 0 saturated carbocycles. The van der Waals surface area contributed by atoms with Crippen molar-refractivity contribution in [2.75, 3.05) is 51.9 Å². The van der Waals surface area contributed by atoms with Crippen LogP contribution in [0.15, 0.2) is 36.7 Å². The third kappa shape index (κ3) is 4.69. The zero-order chi connectivity index (χ0) is 22.8. The number of anilines is 2. The van der Waals surface area contributed by atoms with Crippen LogP contribution in [0.5, 0.6) is 11.5 Å². The molecule has 0 radical (unpaired) electrons. The maximum Gasteiger partial charge on any atom is 0.162 e. The van der Waals surface area contributed by atoms with E-state index in [9.17, 15) is 4.39 Å². The molecule has 1 N–H and O–H groups in total.